The molecule has 1 nitrogen and oxygen atoms in total. The zero-order valence-electron chi connectivity index (χ0n) is 32.0. The molecule has 9 heteroatoms. The van der Waals surface area contributed by atoms with Crippen molar-refractivity contribution in [3.63, 3.8) is 0 Å². The van der Waals surface area contributed by atoms with Gasteiger partial charge in [-0.25, -0.2) is 0 Å². The lowest BCUT2D eigenvalue weighted by molar-refractivity contribution is 0.669. The first-order valence-corrected chi connectivity index (χ1v) is 18.8. The summed E-state index contributed by atoms with van der Waals surface area (Å²) in [7, 11) is 18.5. The Bertz CT molecular complexity index is 2870. The summed E-state index contributed by atoms with van der Waals surface area (Å²) in [4.78, 5) is 0. The second kappa shape index (κ2) is 12.6. The van der Waals surface area contributed by atoms with E-state index in [1.807, 2.05) is 12.1 Å². The highest BCUT2D eigenvalue weighted by Crippen LogP contribution is 2.41. The van der Waals surface area contributed by atoms with Crippen LogP contribution in [0.3, 0.4) is 0 Å². The first-order valence-electron chi connectivity index (χ1n) is 18.8. The number of para-hydroxylation sites is 1. The first kappa shape index (κ1) is 33.4. The van der Waals surface area contributed by atoms with E-state index in [2.05, 4.69) is 172 Å². The number of hydrogen-bond acceptors (Lipinski definition) is 1. The molecular weight excluding hydrogens is 631 g/mol. The van der Waals surface area contributed by atoms with Crippen LogP contribution in [-0.2, 0) is 0 Å². The van der Waals surface area contributed by atoms with Crippen molar-refractivity contribution in [3.8, 4) is 44.5 Å². The van der Waals surface area contributed by atoms with Crippen LogP contribution < -0.4 is 43.7 Å². The van der Waals surface area contributed by atoms with Gasteiger partial charge in [0.15, 0.2) is 0 Å². The molecule has 0 radical (unpaired) electrons. The Balaban J connectivity index is 1.22. The quantitative estimate of drug-likeness (QED) is 0.167. The maximum absolute atomic E-state index is 6.08. The molecule has 0 unspecified atom stereocenters. The Kier molecular flexibility index (Phi) is 7.97. The highest BCUT2D eigenvalue weighted by atomic mass is 16.3. The normalized spacial score (nSPS) is 11.6. The predicted molar refractivity (Wildman–Crippen MR) is 256 cm³/mol. The van der Waals surface area contributed by atoms with Crippen LogP contribution in [-0.4, -0.2) is 62.8 Å². The van der Waals surface area contributed by atoms with Crippen LogP contribution in [0.2, 0.25) is 0 Å². The van der Waals surface area contributed by atoms with E-state index in [9.17, 15) is 0 Å². The molecule has 0 N–H and O–H groups in total. The molecule has 0 saturated carbocycles. The van der Waals surface area contributed by atoms with Gasteiger partial charge in [-0.2, -0.15) is 0 Å². The maximum Gasteiger partial charge on any atom is 0.139 e. The van der Waals surface area contributed by atoms with Crippen LogP contribution in [0.1, 0.15) is 0 Å². The van der Waals surface area contributed by atoms with Crippen LogP contribution in [0.4, 0.5) is 0 Å². The number of furan rings is 1. The van der Waals surface area contributed by atoms with E-state index in [4.69, 9.17) is 4.42 Å². The van der Waals surface area contributed by atoms with E-state index in [0.717, 1.165) is 21.9 Å². The minimum absolute atomic E-state index is 0.924. The number of hydrogen-bond donors (Lipinski definition) is 0. The van der Waals surface area contributed by atoms with Gasteiger partial charge in [0.2, 0.25) is 0 Å². The van der Waals surface area contributed by atoms with Crippen LogP contribution >= 0.6 is 0 Å². The molecule has 0 amide bonds. The van der Waals surface area contributed by atoms with E-state index >= 15 is 0 Å². The molecule has 1 aromatic heterocycles. The third-order valence-electron chi connectivity index (χ3n) is 12.5. The van der Waals surface area contributed by atoms with Crippen molar-refractivity contribution in [3.05, 3.63) is 121 Å². The number of rotatable bonds is 4. The summed E-state index contributed by atoms with van der Waals surface area (Å²) in [6.07, 6.45) is 0. The van der Waals surface area contributed by atoms with E-state index < -0.39 is 0 Å². The molecule has 9 rings (SSSR count). The average Bonchev–Trinajstić information content (AvgIpc) is 3.58. The monoisotopic (exact) mass is 668 g/mol. The van der Waals surface area contributed by atoms with Crippen molar-refractivity contribution in [1.29, 1.82) is 0 Å². The summed E-state index contributed by atoms with van der Waals surface area (Å²) in [6, 6.07) is 44.1. The fraction of sp³-hybridized carbons (Fsp3) is 0. The van der Waals surface area contributed by atoms with Gasteiger partial charge in [0.05, 0.1) is 0 Å². The molecule has 1 heterocycles. The average molecular weight is 667 g/mol. The molecule has 0 aliphatic heterocycles. The Hall–Kier alpha value is -5.40. The lowest BCUT2D eigenvalue weighted by Gasteiger charge is -2.28. The molecule has 0 bridgehead atoms. The second-order valence-electron chi connectivity index (χ2n) is 15.1. The Morgan fingerprint density at radius 2 is 0.642 bits per heavy atom. The van der Waals surface area contributed by atoms with Gasteiger partial charge in [0.25, 0.3) is 0 Å². The molecule has 242 valence electrons. The smallest absolute Gasteiger partial charge is 0.139 e. The van der Waals surface area contributed by atoms with Gasteiger partial charge in [-0.05, 0) is 84.3 Å². The molecule has 0 atom stereocenters. The van der Waals surface area contributed by atoms with Crippen LogP contribution in [0.25, 0.3) is 88.0 Å². The highest BCUT2D eigenvalue weighted by molar-refractivity contribution is 6.71. The predicted octanol–water partition coefficient (Wildman–Crippen LogP) is -1.37. The molecule has 9 aromatic rings. The van der Waals surface area contributed by atoms with E-state index in [1.54, 1.807) is 0 Å². The summed E-state index contributed by atoms with van der Waals surface area (Å²) in [5, 5.41) is 7.82. The van der Waals surface area contributed by atoms with Crippen molar-refractivity contribution in [2.75, 3.05) is 0 Å². The fourth-order valence-corrected chi connectivity index (χ4v) is 8.90. The molecule has 0 spiro atoms. The zero-order chi connectivity index (χ0) is 36.7. The topological polar surface area (TPSA) is 13.1 Å². The van der Waals surface area contributed by atoms with Crippen molar-refractivity contribution in [1.82, 2.24) is 0 Å². The van der Waals surface area contributed by atoms with E-state index in [-0.39, 0.29) is 0 Å². The van der Waals surface area contributed by atoms with Crippen molar-refractivity contribution in [2.24, 2.45) is 0 Å². The highest BCUT2D eigenvalue weighted by Gasteiger charge is 2.25. The molecule has 0 aliphatic carbocycles. The van der Waals surface area contributed by atoms with Gasteiger partial charge >= 0.3 is 0 Å². The van der Waals surface area contributed by atoms with Crippen LogP contribution in [0, 0.1) is 0 Å². The van der Waals surface area contributed by atoms with Gasteiger partial charge in [0, 0.05) is 10.8 Å². The minimum Gasteiger partial charge on any atom is -0.456 e. The van der Waals surface area contributed by atoms with E-state index in [1.165, 1.54) is 110 Å². The first-order chi connectivity index (χ1) is 25.6. The minimum atomic E-state index is 0.924. The SMILES string of the molecule is Bc1c(B)c(B)c2c(-c3ccc(-c4ccc(-c5ccc6oc7ccccc7c6c5)cc4)cc3)c3c(B)c(B)c(B)c(B)c3c(-c3ccccc3)c2c1B. The molecule has 0 aliphatic rings. The Morgan fingerprint density at radius 1 is 0.283 bits per heavy atom. The second-order valence-corrected chi connectivity index (χ2v) is 15.1. The Morgan fingerprint density at radius 3 is 1.13 bits per heavy atom. The number of benzene rings is 8. The van der Waals surface area contributed by atoms with Gasteiger partial charge in [-0.15, -0.1) is 21.9 Å². The van der Waals surface area contributed by atoms with Crippen LogP contribution in [0.15, 0.2) is 126 Å². The van der Waals surface area contributed by atoms with Crippen molar-refractivity contribution < 1.29 is 4.42 Å². The Labute approximate surface area is 318 Å². The summed E-state index contributed by atoms with van der Waals surface area (Å²) in [6.45, 7) is 0. The van der Waals surface area contributed by atoms with Gasteiger partial charge in [0.1, 0.15) is 73.9 Å². The van der Waals surface area contributed by atoms with Crippen molar-refractivity contribution in [2.45, 2.75) is 0 Å². The molecular formula is C44H36B8O. The summed E-state index contributed by atoms with van der Waals surface area (Å²) in [5.41, 5.74) is 22.9. The fourth-order valence-electron chi connectivity index (χ4n) is 8.90. The van der Waals surface area contributed by atoms with Crippen LogP contribution in [0.5, 0.6) is 0 Å². The van der Waals surface area contributed by atoms with Gasteiger partial charge < -0.3 is 4.42 Å². The lowest BCUT2D eigenvalue weighted by Crippen LogP contribution is -2.50. The maximum atomic E-state index is 6.08. The molecule has 8 aromatic carbocycles. The molecule has 53 heavy (non-hydrogen) atoms. The van der Waals surface area contributed by atoms with Gasteiger partial charge in [-0.1, -0.05) is 125 Å². The molecule has 0 saturated heterocycles. The van der Waals surface area contributed by atoms with E-state index in [0.29, 0.717) is 0 Å². The number of fused-ring (bicyclic) bond motifs is 5. The molecule has 0 fully saturated rings. The summed E-state index contributed by atoms with van der Waals surface area (Å²) < 4.78 is 6.08. The van der Waals surface area contributed by atoms with Gasteiger partial charge in [-0.3, -0.25) is 0 Å². The standard InChI is InChI=1S/C44H36B8O/c45-37-33-31(24-6-2-1-3-7-24)34-36(40(48)44(52)42(50)38(34)46)32(35(33)39(47)43(51)41(37)49)25-16-14-22(15-17-25)21-10-12-23(13-11-21)26-18-19-30-28(20-26)27-8-4-5-9-29(27)53-30/h1-20H,45-52H2. The summed E-state index contributed by atoms with van der Waals surface area (Å²) >= 11 is 0. The third kappa shape index (κ3) is 5.12. The largest absolute Gasteiger partial charge is 0.456 e. The zero-order valence-corrected chi connectivity index (χ0v) is 32.0. The third-order valence-corrected chi connectivity index (χ3v) is 12.5. The van der Waals surface area contributed by atoms with Crippen molar-refractivity contribution >= 4 is 150 Å². The summed E-state index contributed by atoms with van der Waals surface area (Å²) in [5.74, 6) is 0. The lowest BCUT2D eigenvalue weighted by atomic mass is 9.59.